The van der Waals surface area contributed by atoms with Gasteiger partial charge in [-0.05, 0) is 56.5 Å². The molecule has 0 spiro atoms. The average molecular weight is 437 g/mol. The molecule has 4 rings (SSSR count). The molecule has 1 atom stereocenters. The molecule has 1 N–H and O–H groups in total. The molecule has 1 amide bonds. The maximum absolute atomic E-state index is 13.3. The number of amides is 1. The van der Waals surface area contributed by atoms with Gasteiger partial charge in [-0.2, -0.15) is 5.10 Å². The number of methoxy groups -OCH3 is 1. The number of halogens is 1. The molecule has 2 aromatic carbocycles. The fourth-order valence-electron chi connectivity index (χ4n) is 3.98. The van der Waals surface area contributed by atoms with Crippen LogP contribution >= 0.6 is 0 Å². The highest BCUT2D eigenvalue weighted by Crippen LogP contribution is 2.28. The van der Waals surface area contributed by atoms with E-state index in [0.29, 0.717) is 17.9 Å². The molecule has 1 heterocycles. The van der Waals surface area contributed by atoms with Crippen molar-refractivity contribution in [2.45, 2.75) is 32.2 Å². The second-order valence-electron chi connectivity index (χ2n) is 7.62. The molecule has 0 aliphatic heterocycles. The topological polar surface area (TPSA) is 82.4 Å². The molecule has 0 radical (unpaired) electrons. The lowest BCUT2D eigenvalue weighted by atomic mass is 10.1. The summed E-state index contributed by atoms with van der Waals surface area (Å²) in [5.74, 6) is -0.750. The molecule has 3 aromatic rings. The number of para-hydroxylation sites is 1. The van der Waals surface area contributed by atoms with Crippen LogP contribution in [0.1, 0.15) is 46.7 Å². The first kappa shape index (κ1) is 21.5. The first-order valence-electron chi connectivity index (χ1n) is 10.4. The van der Waals surface area contributed by atoms with E-state index in [1.54, 1.807) is 23.9 Å². The Morgan fingerprint density at radius 1 is 1.16 bits per heavy atom. The minimum absolute atomic E-state index is 0.201. The molecular formula is C24H24FN3O4. The molecule has 8 heteroatoms. The van der Waals surface area contributed by atoms with Crippen LogP contribution in [0.15, 0.2) is 48.5 Å². The zero-order chi connectivity index (χ0) is 22.7. The van der Waals surface area contributed by atoms with Crippen LogP contribution in [0.25, 0.3) is 5.69 Å². The summed E-state index contributed by atoms with van der Waals surface area (Å²) in [6.45, 7) is 1.41. The van der Waals surface area contributed by atoms with Crippen LogP contribution in [0.3, 0.4) is 0 Å². The first-order valence-corrected chi connectivity index (χ1v) is 10.4. The number of carbonyl (C=O) groups is 2. The molecule has 0 saturated carbocycles. The Morgan fingerprint density at radius 2 is 1.91 bits per heavy atom. The smallest absolute Gasteiger partial charge is 0.359 e. The van der Waals surface area contributed by atoms with Gasteiger partial charge < -0.3 is 14.8 Å². The Morgan fingerprint density at radius 3 is 2.66 bits per heavy atom. The summed E-state index contributed by atoms with van der Waals surface area (Å²) in [6.07, 6.45) is 2.37. The van der Waals surface area contributed by atoms with Crippen molar-refractivity contribution in [3.05, 3.63) is 76.9 Å². The third-order valence-electron chi connectivity index (χ3n) is 5.51. The summed E-state index contributed by atoms with van der Waals surface area (Å²) >= 11 is 0. The average Bonchev–Trinajstić information content (AvgIpc) is 3.41. The normalized spacial score (nSPS) is 13.3. The van der Waals surface area contributed by atoms with Gasteiger partial charge in [0.25, 0.3) is 5.91 Å². The molecule has 1 aliphatic carbocycles. The molecule has 1 unspecified atom stereocenters. The Bertz CT molecular complexity index is 1140. The molecule has 7 nitrogen and oxygen atoms in total. The Labute approximate surface area is 185 Å². The standard InChI is InChI=1S/C24H24FN3O4/c1-15(18-6-3-4-9-21(18)31-2)26-22(29)14-32-24(30)23-19-7-5-8-20(19)28(27-23)17-12-10-16(25)11-13-17/h3-4,6,9-13,15H,5,7-8,14H2,1-2H3,(H,26,29). The van der Waals surface area contributed by atoms with Crippen molar-refractivity contribution in [1.29, 1.82) is 0 Å². The van der Waals surface area contributed by atoms with E-state index in [4.69, 9.17) is 9.47 Å². The van der Waals surface area contributed by atoms with Gasteiger partial charge in [-0.3, -0.25) is 4.79 Å². The molecule has 0 fully saturated rings. The minimum atomic E-state index is -0.649. The monoisotopic (exact) mass is 437 g/mol. The number of nitrogens with one attached hydrogen (secondary N) is 1. The Balaban J connectivity index is 1.43. The highest BCUT2D eigenvalue weighted by Gasteiger charge is 2.28. The molecular weight excluding hydrogens is 413 g/mol. The van der Waals surface area contributed by atoms with E-state index < -0.39 is 18.5 Å². The zero-order valence-electron chi connectivity index (χ0n) is 17.9. The number of esters is 1. The Hall–Kier alpha value is -3.68. The minimum Gasteiger partial charge on any atom is -0.496 e. The van der Waals surface area contributed by atoms with Gasteiger partial charge in [0.05, 0.1) is 18.8 Å². The highest BCUT2D eigenvalue weighted by molar-refractivity contribution is 5.91. The van der Waals surface area contributed by atoms with Crippen LogP contribution in [-0.2, 0) is 22.4 Å². The predicted molar refractivity (Wildman–Crippen MR) is 115 cm³/mol. The van der Waals surface area contributed by atoms with Crippen LogP contribution in [-0.4, -0.2) is 35.4 Å². The van der Waals surface area contributed by atoms with E-state index in [1.807, 2.05) is 31.2 Å². The maximum Gasteiger partial charge on any atom is 0.359 e. The largest absolute Gasteiger partial charge is 0.496 e. The number of fused-ring (bicyclic) bond motifs is 1. The van der Waals surface area contributed by atoms with Gasteiger partial charge in [0.1, 0.15) is 11.6 Å². The maximum atomic E-state index is 13.3. The van der Waals surface area contributed by atoms with Crippen LogP contribution in [0.2, 0.25) is 0 Å². The fourth-order valence-corrected chi connectivity index (χ4v) is 3.98. The predicted octanol–water partition coefficient (Wildman–Crippen LogP) is 3.54. The summed E-state index contributed by atoms with van der Waals surface area (Å²) in [4.78, 5) is 25.1. The van der Waals surface area contributed by atoms with Gasteiger partial charge in [-0.25, -0.2) is 13.9 Å². The fraction of sp³-hybridized carbons (Fsp3) is 0.292. The van der Waals surface area contributed by atoms with Crippen LogP contribution in [0.5, 0.6) is 5.75 Å². The molecule has 1 aromatic heterocycles. The van der Waals surface area contributed by atoms with Crippen molar-refractivity contribution in [1.82, 2.24) is 15.1 Å². The number of benzene rings is 2. The number of hydrogen-bond donors (Lipinski definition) is 1. The van der Waals surface area contributed by atoms with Crippen molar-refractivity contribution >= 4 is 11.9 Å². The van der Waals surface area contributed by atoms with Crippen molar-refractivity contribution in [3.8, 4) is 11.4 Å². The second-order valence-corrected chi connectivity index (χ2v) is 7.62. The summed E-state index contributed by atoms with van der Waals surface area (Å²) < 4.78 is 25.5. The summed E-state index contributed by atoms with van der Waals surface area (Å²) in [7, 11) is 1.57. The van der Waals surface area contributed by atoms with Gasteiger partial charge in [-0.15, -0.1) is 0 Å². The third kappa shape index (κ3) is 4.34. The number of rotatable bonds is 7. The summed E-state index contributed by atoms with van der Waals surface area (Å²) in [5.41, 5.74) is 3.44. The number of ether oxygens (including phenoxy) is 2. The number of aromatic nitrogens is 2. The van der Waals surface area contributed by atoms with Gasteiger partial charge in [0, 0.05) is 16.8 Å². The van der Waals surface area contributed by atoms with Crippen molar-refractivity contribution in [2.75, 3.05) is 13.7 Å². The third-order valence-corrected chi connectivity index (χ3v) is 5.51. The van der Waals surface area contributed by atoms with E-state index in [-0.39, 0.29) is 17.6 Å². The lowest BCUT2D eigenvalue weighted by Crippen LogP contribution is -2.31. The van der Waals surface area contributed by atoms with E-state index in [9.17, 15) is 14.0 Å². The van der Waals surface area contributed by atoms with Gasteiger partial charge in [-0.1, -0.05) is 18.2 Å². The van der Waals surface area contributed by atoms with Crippen molar-refractivity contribution in [2.24, 2.45) is 0 Å². The molecule has 0 saturated heterocycles. The molecule has 1 aliphatic rings. The lowest BCUT2D eigenvalue weighted by Gasteiger charge is -2.17. The van der Waals surface area contributed by atoms with E-state index in [2.05, 4.69) is 10.4 Å². The van der Waals surface area contributed by atoms with Crippen LogP contribution in [0, 0.1) is 5.82 Å². The molecule has 0 bridgehead atoms. The molecule has 32 heavy (non-hydrogen) atoms. The van der Waals surface area contributed by atoms with E-state index in [0.717, 1.165) is 29.7 Å². The lowest BCUT2D eigenvalue weighted by molar-refractivity contribution is -0.124. The SMILES string of the molecule is COc1ccccc1C(C)NC(=O)COC(=O)c1nn(-c2ccc(F)cc2)c2c1CCC2. The summed E-state index contributed by atoms with van der Waals surface area (Å²) in [6, 6.07) is 13.0. The number of nitrogens with zero attached hydrogens (tertiary/aromatic N) is 2. The first-order chi connectivity index (χ1) is 15.5. The Kier molecular flexibility index (Phi) is 6.20. The van der Waals surface area contributed by atoms with E-state index >= 15 is 0 Å². The van der Waals surface area contributed by atoms with Crippen molar-refractivity contribution < 1.29 is 23.5 Å². The summed E-state index contributed by atoms with van der Waals surface area (Å²) in [5, 5.41) is 7.22. The zero-order valence-corrected chi connectivity index (χ0v) is 17.9. The van der Waals surface area contributed by atoms with Crippen molar-refractivity contribution in [3.63, 3.8) is 0 Å². The van der Waals surface area contributed by atoms with Gasteiger partial charge in [0.2, 0.25) is 0 Å². The number of hydrogen-bond acceptors (Lipinski definition) is 5. The molecule has 166 valence electrons. The van der Waals surface area contributed by atoms with Crippen LogP contribution in [0.4, 0.5) is 4.39 Å². The van der Waals surface area contributed by atoms with Gasteiger partial charge in [0.15, 0.2) is 12.3 Å². The van der Waals surface area contributed by atoms with E-state index in [1.165, 1.54) is 12.1 Å². The second kappa shape index (κ2) is 9.21. The quantitative estimate of drug-likeness (QED) is 0.572. The highest BCUT2D eigenvalue weighted by atomic mass is 19.1. The van der Waals surface area contributed by atoms with Gasteiger partial charge >= 0.3 is 5.97 Å². The number of carbonyl (C=O) groups excluding carboxylic acids is 2. The van der Waals surface area contributed by atoms with Crippen LogP contribution < -0.4 is 10.1 Å².